The van der Waals surface area contributed by atoms with Gasteiger partial charge in [-0.3, -0.25) is 4.79 Å². The number of pyridine rings is 1. The summed E-state index contributed by atoms with van der Waals surface area (Å²) in [4.78, 5) is 18.4. The number of carbonyl (C=O) groups excluding carboxylic acids is 1. The molecular weight excluding hydrogens is 274 g/mol. The fourth-order valence-electron chi connectivity index (χ4n) is 3.16. The number of likely N-dealkylation sites (tertiary alicyclic amines) is 1. The van der Waals surface area contributed by atoms with Crippen molar-refractivity contribution in [3.63, 3.8) is 0 Å². The minimum Gasteiger partial charge on any atom is -0.370 e. The minimum atomic E-state index is 0.131. The second-order valence-electron chi connectivity index (χ2n) is 5.87. The molecule has 1 fully saturated rings. The van der Waals surface area contributed by atoms with Gasteiger partial charge >= 0.3 is 0 Å². The van der Waals surface area contributed by atoms with Crippen LogP contribution in [0.5, 0.6) is 0 Å². The molecule has 3 rings (SSSR count). The normalized spacial score (nSPS) is 21.2. The van der Waals surface area contributed by atoms with Crippen LogP contribution in [0.25, 0.3) is 0 Å². The molecule has 2 aromatic rings. The number of rotatable bonds is 4. The summed E-state index contributed by atoms with van der Waals surface area (Å²) in [5.74, 6) is 1.33. The second kappa shape index (κ2) is 6.18. The second-order valence-corrected chi connectivity index (χ2v) is 5.87. The van der Waals surface area contributed by atoms with E-state index in [4.69, 9.17) is 0 Å². The average Bonchev–Trinajstić information content (AvgIpc) is 2.81. The van der Waals surface area contributed by atoms with E-state index in [0.717, 1.165) is 18.1 Å². The van der Waals surface area contributed by atoms with Gasteiger partial charge in [0, 0.05) is 31.6 Å². The molecule has 4 nitrogen and oxygen atoms in total. The first-order chi connectivity index (χ1) is 10.6. The Morgan fingerprint density at radius 1 is 1.18 bits per heavy atom. The van der Waals surface area contributed by atoms with Gasteiger partial charge in [-0.25, -0.2) is 4.98 Å². The van der Waals surface area contributed by atoms with Crippen LogP contribution < -0.4 is 5.32 Å². The van der Waals surface area contributed by atoms with E-state index in [9.17, 15) is 4.79 Å². The third-order valence-corrected chi connectivity index (χ3v) is 4.27. The van der Waals surface area contributed by atoms with Crippen LogP contribution >= 0.6 is 0 Å². The number of amides is 1. The van der Waals surface area contributed by atoms with E-state index < -0.39 is 0 Å². The lowest BCUT2D eigenvalue weighted by Crippen LogP contribution is -2.26. The molecule has 1 aliphatic rings. The lowest BCUT2D eigenvalue weighted by molar-refractivity contribution is -0.127. The van der Waals surface area contributed by atoms with E-state index in [1.165, 1.54) is 5.56 Å². The number of aryl methyl sites for hydroxylation is 1. The van der Waals surface area contributed by atoms with Crippen molar-refractivity contribution < 1.29 is 4.79 Å². The molecule has 1 amide bonds. The molecule has 0 saturated carbocycles. The number of benzene rings is 1. The van der Waals surface area contributed by atoms with Crippen molar-refractivity contribution >= 4 is 11.7 Å². The highest BCUT2D eigenvalue weighted by molar-refractivity contribution is 5.79. The Kier molecular flexibility index (Phi) is 4.09. The summed E-state index contributed by atoms with van der Waals surface area (Å²) in [6, 6.07) is 16.3. The van der Waals surface area contributed by atoms with Gasteiger partial charge < -0.3 is 10.2 Å². The molecule has 22 heavy (non-hydrogen) atoms. The van der Waals surface area contributed by atoms with Gasteiger partial charge in [-0.2, -0.15) is 0 Å². The maximum atomic E-state index is 12.1. The molecule has 4 heteroatoms. The van der Waals surface area contributed by atoms with Gasteiger partial charge in [-0.1, -0.05) is 36.4 Å². The summed E-state index contributed by atoms with van der Waals surface area (Å²) in [6.07, 6.45) is 0.578. The molecule has 1 saturated heterocycles. The zero-order valence-electron chi connectivity index (χ0n) is 13.0. The first kappa shape index (κ1) is 14.6. The number of carbonyl (C=O) groups is 1. The molecule has 1 aromatic carbocycles. The van der Waals surface area contributed by atoms with Crippen LogP contribution in [0.1, 0.15) is 23.7 Å². The summed E-state index contributed by atoms with van der Waals surface area (Å²) in [7, 11) is 1.89. The molecule has 0 unspecified atom stereocenters. The fraction of sp³-hybridized carbons (Fsp3) is 0.333. The maximum absolute atomic E-state index is 12.1. The van der Waals surface area contributed by atoms with Gasteiger partial charge in [-0.15, -0.1) is 0 Å². The van der Waals surface area contributed by atoms with Crippen LogP contribution in [-0.2, 0) is 4.79 Å². The molecule has 114 valence electrons. The molecule has 1 aliphatic heterocycles. The Hall–Kier alpha value is -2.36. The predicted octanol–water partition coefficient (Wildman–Crippen LogP) is 3.02. The zero-order valence-corrected chi connectivity index (χ0v) is 13.0. The Bertz CT molecular complexity index is 656. The Labute approximate surface area is 131 Å². The van der Waals surface area contributed by atoms with Gasteiger partial charge in [0.1, 0.15) is 5.82 Å². The zero-order chi connectivity index (χ0) is 15.5. The van der Waals surface area contributed by atoms with Crippen LogP contribution in [0.3, 0.4) is 0 Å². The Balaban J connectivity index is 1.75. The van der Waals surface area contributed by atoms with Crippen LogP contribution in [-0.4, -0.2) is 29.4 Å². The highest BCUT2D eigenvalue weighted by atomic mass is 16.2. The third-order valence-electron chi connectivity index (χ3n) is 4.27. The first-order valence-corrected chi connectivity index (χ1v) is 7.63. The minimum absolute atomic E-state index is 0.131. The number of aromatic nitrogens is 1. The molecule has 2 atom stereocenters. The quantitative estimate of drug-likeness (QED) is 0.943. The topological polar surface area (TPSA) is 45.2 Å². The molecule has 0 bridgehead atoms. The summed E-state index contributed by atoms with van der Waals surface area (Å²) in [5.41, 5.74) is 2.18. The summed E-state index contributed by atoms with van der Waals surface area (Å²) in [6.45, 7) is 2.72. The Morgan fingerprint density at radius 3 is 2.68 bits per heavy atom. The van der Waals surface area contributed by atoms with Crippen molar-refractivity contribution in [3.05, 3.63) is 59.8 Å². The summed E-state index contributed by atoms with van der Waals surface area (Å²) < 4.78 is 0. The van der Waals surface area contributed by atoms with Crippen LogP contribution in [0, 0.1) is 12.8 Å². The van der Waals surface area contributed by atoms with Gasteiger partial charge in [-0.05, 0) is 24.6 Å². The molecule has 1 aromatic heterocycles. The Morgan fingerprint density at radius 2 is 1.95 bits per heavy atom. The predicted molar refractivity (Wildman–Crippen MR) is 87.5 cm³/mol. The number of anilines is 1. The van der Waals surface area contributed by atoms with E-state index in [0.29, 0.717) is 6.42 Å². The fourth-order valence-corrected chi connectivity index (χ4v) is 3.16. The van der Waals surface area contributed by atoms with Gasteiger partial charge in [0.25, 0.3) is 0 Å². The van der Waals surface area contributed by atoms with E-state index >= 15 is 0 Å². The van der Waals surface area contributed by atoms with Gasteiger partial charge in [0.2, 0.25) is 5.91 Å². The maximum Gasteiger partial charge on any atom is 0.223 e. The van der Waals surface area contributed by atoms with Crippen molar-refractivity contribution in [2.24, 2.45) is 5.92 Å². The van der Waals surface area contributed by atoms with Crippen molar-refractivity contribution in [1.82, 2.24) is 9.88 Å². The SMILES string of the molecule is Cc1cccc(NC[C@@H]2CC(=O)N(C)[C@@H]2c2ccccc2)n1. The molecule has 2 heterocycles. The molecule has 0 spiro atoms. The van der Waals surface area contributed by atoms with Crippen molar-refractivity contribution in [3.8, 4) is 0 Å². The average molecular weight is 295 g/mol. The van der Waals surface area contributed by atoms with E-state index in [1.54, 1.807) is 0 Å². The smallest absolute Gasteiger partial charge is 0.223 e. The van der Waals surface area contributed by atoms with Crippen LogP contribution in [0.2, 0.25) is 0 Å². The summed E-state index contributed by atoms with van der Waals surface area (Å²) in [5, 5.41) is 3.38. The molecule has 0 aliphatic carbocycles. The van der Waals surface area contributed by atoms with E-state index in [1.807, 2.05) is 55.3 Å². The lowest BCUT2D eigenvalue weighted by Gasteiger charge is -2.25. The number of nitrogens with zero attached hydrogens (tertiary/aromatic N) is 2. The molecule has 1 N–H and O–H groups in total. The van der Waals surface area contributed by atoms with E-state index in [2.05, 4.69) is 22.4 Å². The van der Waals surface area contributed by atoms with Gasteiger partial charge in [0.15, 0.2) is 0 Å². The number of nitrogens with one attached hydrogen (secondary N) is 1. The van der Waals surface area contributed by atoms with Crippen LogP contribution in [0.15, 0.2) is 48.5 Å². The largest absolute Gasteiger partial charge is 0.370 e. The number of hydrogen-bond acceptors (Lipinski definition) is 3. The first-order valence-electron chi connectivity index (χ1n) is 7.63. The summed E-state index contributed by atoms with van der Waals surface area (Å²) >= 11 is 0. The standard InChI is InChI=1S/C18H21N3O/c1-13-7-6-10-16(20-13)19-12-15-11-17(22)21(2)18(15)14-8-4-3-5-9-14/h3-10,15,18H,11-12H2,1-2H3,(H,19,20)/t15-,18+/m0/s1. The van der Waals surface area contributed by atoms with Gasteiger partial charge in [0.05, 0.1) is 6.04 Å². The third kappa shape index (κ3) is 2.96. The number of hydrogen-bond donors (Lipinski definition) is 1. The highest BCUT2D eigenvalue weighted by Crippen LogP contribution is 2.36. The van der Waals surface area contributed by atoms with Crippen molar-refractivity contribution in [2.75, 3.05) is 18.9 Å². The highest BCUT2D eigenvalue weighted by Gasteiger charge is 2.38. The molecule has 0 radical (unpaired) electrons. The monoisotopic (exact) mass is 295 g/mol. The molecular formula is C18H21N3O. The lowest BCUT2D eigenvalue weighted by atomic mass is 9.93. The van der Waals surface area contributed by atoms with Crippen molar-refractivity contribution in [2.45, 2.75) is 19.4 Å². The van der Waals surface area contributed by atoms with Crippen LogP contribution in [0.4, 0.5) is 5.82 Å². The van der Waals surface area contributed by atoms with Crippen molar-refractivity contribution in [1.29, 1.82) is 0 Å². The van der Waals surface area contributed by atoms with E-state index in [-0.39, 0.29) is 17.9 Å².